The third kappa shape index (κ3) is 2.98. The molecule has 0 aliphatic heterocycles. The van der Waals surface area contributed by atoms with Crippen molar-refractivity contribution in [3.05, 3.63) is 0 Å². The van der Waals surface area contributed by atoms with Crippen LogP contribution in [-0.2, 0) is 0 Å². The molecule has 2 nitrogen and oxygen atoms in total. The molecular weight excluding hydrogens is 111 g/mol. The highest BCUT2D eigenvalue weighted by molar-refractivity contribution is 7.57. The van der Waals surface area contributed by atoms with Crippen LogP contribution >= 0.6 is 7.92 Å². The monoisotopic (exact) mass is 122 g/mol. The summed E-state index contributed by atoms with van der Waals surface area (Å²) < 4.78 is 0. The topological polar surface area (TPSA) is 40.5 Å². The van der Waals surface area contributed by atoms with Gasteiger partial charge in [-0.05, 0) is 28.2 Å². The van der Waals surface area contributed by atoms with E-state index in [-0.39, 0.29) is 0 Å². The standard InChI is InChI=1S/C4H11O2P/c1-4(5,6)7(2)3/h5-6H,1-3H3. The van der Waals surface area contributed by atoms with Crippen molar-refractivity contribution >= 4 is 7.92 Å². The molecule has 0 amide bonds. The van der Waals surface area contributed by atoms with Crippen LogP contribution in [0.25, 0.3) is 0 Å². The van der Waals surface area contributed by atoms with Gasteiger partial charge in [-0.1, -0.05) is 0 Å². The zero-order chi connectivity index (χ0) is 6.08. The first-order valence-electron chi connectivity index (χ1n) is 2.07. The maximum atomic E-state index is 8.68. The lowest BCUT2D eigenvalue weighted by atomic mass is 10.8. The van der Waals surface area contributed by atoms with Crippen LogP contribution in [0.1, 0.15) is 6.92 Å². The summed E-state index contributed by atoms with van der Waals surface area (Å²) in [5.41, 5.74) is -1.44. The average molecular weight is 122 g/mol. The lowest BCUT2D eigenvalue weighted by molar-refractivity contribution is -0.0645. The van der Waals surface area contributed by atoms with Gasteiger partial charge in [-0.25, -0.2) is 0 Å². The summed E-state index contributed by atoms with van der Waals surface area (Å²) in [6.07, 6.45) is 0. The minimum absolute atomic E-state index is 0.630. The Bertz CT molecular complexity index is 55.2. The van der Waals surface area contributed by atoms with E-state index in [4.69, 9.17) is 10.2 Å². The van der Waals surface area contributed by atoms with E-state index in [9.17, 15) is 0 Å². The fraction of sp³-hybridized carbons (Fsp3) is 1.00. The van der Waals surface area contributed by atoms with Crippen molar-refractivity contribution in [2.75, 3.05) is 13.3 Å². The quantitative estimate of drug-likeness (QED) is 0.390. The largest absolute Gasteiger partial charge is 0.362 e. The van der Waals surface area contributed by atoms with E-state index in [2.05, 4.69) is 0 Å². The molecular formula is C4H11O2P. The average Bonchev–Trinajstić information content (AvgIpc) is 1.31. The van der Waals surface area contributed by atoms with Crippen LogP contribution in [0, 0.1) is 0 Å². The Labute approximate surface area is 44.9 Å². The molecule has 0 aromatic carbocycles. The van der Waals surface area contributed by atoms with Crippen LogP contribution in [0.2, 0.25) is 0 Å². The molecule has 0 spiro atoms. The van der Waals surface area contributed by atoms with Crippen LogP contribution < -0.4 is 0 Å². The van der Waals surface area contributed by atoms with Crippen LogP contribution in [0.4, 0.5) is 0 Å². The first kappa shape index (κ1) is 7.35. The minimum Gasteiger partial charge on any atom is -0.362 e. The van der Waals surface area contributed by atoms with Crippen LogP contribution in [0.5, 0.6) is 0 Å². The lowest BCUT2D eigenvalue weighted by Gasteiger charge is -2.19. The highest BCUT2D eigenvalue weighted by atomic mass is 31.1. The molecule has 0 unspecified atom stereocenters. The molecule has 2 N–H and O–H groups in total. The maximum absolute atomic E-state index is 8.68. The van der Waals surface area contributed by atoms with Gasteiger partial charge in [-0.2, -0.15) is 0 Å². The van der Waals surface area contributed by atoms with Crippen LogP contribution in [0.3, 0.4) is 0 Å². The minimum atomic E-state index is -1.44. The SMILES string of the molecule is CP(C)C(C)(O)O. The summed E-state index contributed by atoms with van der Waals surface area (Å²) in [7, 11) is -0.630. The van der Waals surface area contributed by atoms with Gasteiger partial charge in [0.05, 0.1) is 0 Å². The fourth-order valence-corrected chi connectivity index (χ4v) is 0. The first-order valence-corrected chi connectivity index (χ1v) is 4.30. The Morgan fingerprint density at radius 2 is 1.43 bits per heavy atom. The molecule has 0 aliphatic rings. The Morgan fingerprint density at radius 1 is 1.29 bits per heavy atom. The third-order valence-electron chi connectivity index (χ3n) is 0.847. The zero-order valence-corrected chi connectivity index (χ0v) is 5.74. The van der Waals surface area contributed by atoms with Crippen molar-refractivity contribution in [3.8, 4) is 0 Å². The van der Waals surface area contributed by atoms with E-state index in [1.54, 1.807) is 0 Å². The van der Waals surface area contributed by atoms with Gasteiger partial charge in [0.1, 0.15) is 0 Å². The Morgan fingerprint density at radius 3 is 1.43 bits per heavy atom. The highest BCUT2D eigenvalue weighted by Crippen LogP contribution is 2.37. The Kier molecular flexibility index (Phi) is 2.18. The summed E-state index contributed by atoms with van der Waals surface area (Å²) in [5, 5.41) is 17.4. The summed E-state index contributed by atoms with van der Waals surface area (Å²) in [6, 6.07) is 0. The van der Waals surface area contributed by atoms with E-state index in [0.717, 1.165) is 0 Å². The molecule has 0 fully saturated rings. The lowest BCUT2D eigenvalue weighted by Crippen LogP contribution is -2.18. The Hall–Kier alpha value is 0.350. The molecule has 0 heterocycles. The number of aliphatic hydroxyl groups is 2. The molecule has 0 aliphatic carbocycles. The fourth-order valence-electron chi connectivity index (χ4n) is 0. The molecule has 3 heteroatoms. The van der Waals surface area contributed by atoms with Crippen molar-refractivity contribution < 1.29 is 10.2 Å². The van der Waals surface area contributed by atoms with Gasteiger partial charge in [0, 0.05) is 0 Å². The van der Waals surface area contributed by atoms with E-state index in [0.29, 0.717) is 0 Å². The smallest absolute Gasteiger partial charge is 0.177 e. The normalized spacial score (nSPS) is 12.9. The predicted molar refractivity (Wildman–Crippen MR) is 31.6 cm³/mol. The van der Waals surface area contributed by atoms with Gasteiger partial charge in [0.2, 0.25) is 0 Å². The van der Waals surface area contributed by atoms with Gasteiger partial charge >= 0.3 is 0 Å². The molecule has 0 bridgehead atoms. The predicted octanol–water partition coefficient (Wildman–Crippen LogP) is 0.386. The van der Waals surface area contributed by atoms with Crippen molar-refractivity contribution in [1.29, 1.82) is 0 Å². The van der Waals surface area contributed by atoms with Gasteiger partial charge in [-0.15, -0.1) is 0 Å². The zero-order valence-electron chi connectivity index (χ0n) is 4.84. The van der Waals surface area contributed by atoms with E-state index >= 15 is 0 Å². The maximum Gasteiger partial charge on any atom is 0.177 e. The number of hydrogen-bond donors (Lipinski definition) is 2. The molecule has 0 saturated carbocycles. The van der Waals surface area contributed by atoms with Crippen LogP contribution in [0.15, 0.2) is 0 Å². The summed E-state index contributed by atoms with van der Waals surface area (Å²) in [6.45, 7) is 5.03. The van der Waals surface area contributed by atoms with Crippen molar-refractivity contribution in [2.24, 2.45) is 0 Å². The van der Waals surface area contributed by atoms with Crippen molar-refractivity contribution in [3.63, 3.8) is 0 Å². The molecule has 0 radical (unpaired) electrons. The molecule has 0 saturated heterocycles. The molecule has 0 aromatic rings. The second kappa shape index (κ2) is 2.08. The third-order valence-corrected chi connectivity index (χ3v) is 2.54. The summed E-state index contributed by atoms with van der Waals surface area (Å²) in [4.78, 5) is 0. The first-order chi connectivity index (χ1) is 2.94. The van der Waals surface area contributed by atoms with Crippen molar-refractivity contribution in [1.82, 2.24) is 0 Å². The highest BCUT2D eigenvalue weighted by Gasteiger charge is 2.18. The molecule has 7 heavy (non-hydrogen) atoms. The van der Waals surface area contributed by atoms with Gasteiger partial charge in [0.25, 0.3) is 0 Å². The van der Waals surface area contributed by atoms with E-state index in [1.165, 1.54) is 6.92 Å². The molecule has 0 atom stereocenters. The van der Waals surface area contributed by atoms with Gasteiger partial charge in [0.15, 0.2) is 5.53 Å². The van der Waals surface area contributed by atoms with Crippen molar-refractivity contribution in [2.45, 2.75) is 12.5 Å². The summed E-state index contributed by atoms with van der Waals surface area (Å²) >= 11 is 0. The number of rotatable bonds is 1. The summed E-state index contributed by atoms with van der Waals surface area (Å²) in [5.74, 6) is 0. The molecule has 0 aromatic heterocycles. The van der Waals surface area contributed by atoms with Crippen LogP contribution in [-0.4, -0.2) is 29.1 Å². The van der Waals surface area contributed by atoms with E-state index in [1.807, 2.05) is 13.3 Å². The van der Waals surface area contributed by atoms with E-state index < -0.39 is 13.4 Å². The molecule has 0 rings (SSSR count). The Balaban J connectivity index is 3.54. The second-order valence-electron chi connectivity index (χ2n) is 1.87. The van der Waals surface area contributed by atoms with Gasteiger partial charge < -0.3 is 10.2 Å². The second-order valence-corrected chi connectivity index (χ2v) is 4.50. The number of hydrogen-bond acceptors (Lipinski definition) is 2. The molecule has 44 valence electrons. The van der Waals surface area contributed by atoms with Gasteiger partial charge in [-0.3, -0.25) is 0 Å².